The lowest BCUT2D eigenvalue weighted by Gasteiger charge is -2.11. The van der Waals surface area contributed by atoms with Crippen LogP contribution in [-0.2, 0) is 4.79 Å². The lowest BCUT2D eigenvalue weighted by molar-refractivity contribution is -0.118. The van der Waals surface area contributed by atoms with Gasteiger partial charge in [0.1, 0.15) is 11.3 Å². The molecule has 1 amide bonds. The molecule has 1 heterocycles. The molecule has 0 saturated heterocycles. The van der Waals surface area contributed by atoms with E-state index in [2.05, 4.69) is 22.4 Å². The molecular weight excluding hydrogens is 388 g/mol. The molecule has 0 aliphatic carbocycles. The molecule has 0 fully saturated rings. The number of carbonyl (C=O) groups excluding carboxylic acids is 1. The highest BCUT2D eigenvalue weighted by atomic mass is 16.5. The van der Waals surface area contributed by atoms with E-state index in [9.17, 15) is 4.79 Å². The lowest BCUT2D eigenvalue weighted by atomic mass is 10.1. The monoisotopic (exact) mass is 414 g/mol. The van der Waals surface area contributed by atoms with Gasteiger partial charge in [-0.1, -0.05) is 18.2 Å². The zero-order valence-electron chi connectivity index (χ0n) is 18.5. The Labute approximate surface area is 182 Å². The molecular formula is C26H26N2O3. The molecule has 4 aromatic rings. The first-order chi connectivity index (χ1) is 14.8. The number of hydrogen-bond acceptors (Lipinski definition) is 4. The third-order valence-corrected chi connectivity index (χ3v) is 5.14. The third-order valence-electron chi connectivity index (χ3n) is 5.14. The molecule has 0 aliphatic rings. The quantitative estimate of drug-likeness (QED) is 0.431. The van der Waals surface area contributed by atoms with E-state index in [1.165, 1.54) is 0 Å². The largest absolute Gasteiger partial charge is 0.484 e. The Bertz CT molecular complexity index is 1270. The summed E-state index contributed by atoms with van der Waals surface area (Å²) in [6.45, 7) is 9.95. The topological polar surface area (TPSA) is 64.4 Å². The van der Waals surface area contributed by atoms with Crippen molar-refractivity contribution >= 4 is 22.7 Å². The standard InChI is InChI=1S/C26H26N2O3/c1-15-8-16(2)11-21(10-15)30-14-24(29)27-22-13-20(7-6-18(22)4)26-28-23-12-17(3)9-19(5)25(23)31-26/h6-13H,14H2,1-5H3,(H,27,29). The van der Waals surface area contributed by atoms with Crippen LogP contribution >= 0.6 is 0 Å². The van der Waals surface area contributed by atoms with E-state index in [1.807, 2.05) is 71.0 Å². The third kappa shape index (κ3) is 4.61. The number of anilines is 1. The predicted octanol–water partition coefficient (Wildman–Crippen LogP) is 6.05. The minimum absolute atomic E-state index is 0.0616. The van der Waals surface area contributed by atoms with Crippen molar-refractivity contribution < 1.29 is 13.9 Å². The van der Waals surface area contributed by atoms with E-state index in [4.69, 9.17) is 9.15 Å². The summed E-state index contributed by atoms with van der Waals surface area (Å²) < 4.78 is 11.7. The fraction of sp³-hybridized carbons (Fsp3) is 0.231. The fourth-order valence-corrected chi connectivity index (χ4v) is 3.74. The van der Waals surface area contributed by atoms with E-state index in [-0.39, 0.29) is 12.5 Å². The number of nitrogens with zero attached hydrogens (tertiary/aromatic N) is 1. The molecule has 158 valence electrons. The summed E-state index contributed by atoms with van der Waals surface area (Å²) in [7, 11) is 0. The van der Waals surface area contributed by atoms with Gasteiger partial charge in [-0.2, -0.15) is 0 Å². The van der Waals surface area contributed by atoms with Crippen LogP contribution in [0.4, 0.5) is 5.69 Å². The number of aryl methyl sites for hydroxylation is 5. The second-order valence-corrected chi connectivity index (χ2v) is 8.14. The summed E-state index contributed by atoms with van der Waals surface area (Å²) in [5.74, 6) is 1.00. The number of fused-ring (bicyclic) bond motifs is 1. The Balaban J connectivity index is 1.52. The Kier molecular flexibility index (Phi) is 5.51. The average Bonchev–Trinajstić information content (AvgIpc) is 3.12. The number of carbonyl (C=O) groups is 1. The Hall–Kier alpha value is -3.60. The molecule has 5 heteroatoms. The SMILES string of the molecule is Cc1cc(C)cc(OCC(=O)Nc2cc(-c3nc4cc(C)cc(C)c4o3)ccc2C)c1. The molecule has 0 saturated carbocycles. The minimum atomic E-state index is -0.219. The van der Waals surface area contributed by atoms with Crippen LogP contribution in [0, 0.1) is 34.6 Å². The molecule has 0 unspecified atom stereocenters. The first kappa shape index (κ1) is 20.7. The van der Waals surface area contributed by atoms with Crippen LogP contribution in [0.2, 0.25) is 0 Å². The number of nitrogens with one attached hydrogen (secondary N) is 1. The van der Waals surface area contributed by atoms with Crippen molar-refractivity contribution in [3.05, 3.63) is 76.3 Å². The second kappa shape index (κ2) is 8.26. The molecule has 1 aromatic heterocycles. The highest BCUT2D eigenvalue weighted by Crippen LogP contribution is 2.30. The molecule has 0 radical (unpaired) electrons. The van der Waals surface area contributed by atoms with E-state index in [1.54, 1.807) is 0 Å². The lowest BCUT2D eigenvalue weighted by Crippen LogP contribution is -2.20. The molecule has 5 nitrogen and oxygen atoms in total. The van der Waals surface area contributed by atoms with Gasteiger partial charge in [-0.25, -0.2) is 4.98 Å². The summed E-state index contributed by atoms with van der Waals surface area (Å²) >= 11 is 0. The number of ether oxygens (including phenoxy) is 1. The van der Waals surface area contributed by atoms with Gasteiger partial charge in [-0.15, -0.1) is 0 Å². The van der Waals surface area contributed by atoms with Crippen LogP contribution in [0.5, 0.6) is 5.75 Å². The number of rotatable bonds is 5. The minimum Gasteiger partial charge on any atom is -0.484 e. The van der Waals surface area contributed by atoms with Gasteiger partial charge in [0, 0.05) is 11.3 Å². The van der Waals surface area contributed by atoms with Crippen molar-refractivity contribution in [3.8, 4) is 17.2 Å². The molecule has 3 aromatic carbocycles. The summed E-state index contributed by atoms with van der Waals surface area (Å²) in [6.07, 6.45) is 0. The highest BCUT2D eigenvalue weighted by Gasteiger charge is 2.13. The van der Waals surface area contributed by atoms with Crippen molar-refractivity contribution in [2.45, 2.75) is 34.6 Å². The smallest absolute Gasteiger partial charge is 0.262 e. The van der Waals surface area contributed by atoms with Gasteiger partial charge in [-0.05, 0) is 92.8 Å². The normalized spacial score (nSPS) is 11.0. The number of hydrogen-bond donors (Lipinski definition) is 1. The van der Waals surface area contributed by atoms with Crippen LogP contribution in [-0.4, -0.2) is 17.5 Å². The van der Waals surface area contributed by atoms with E-state index in [0.29, 0.717) is 17.3 Å². The van der Waals surface area contributed by atoms with Crippen molar-refractivity contribution in [2.75, 3.05) is 11.9 Å². The number of oxazole rings is 1. The van der Waals surface area contributed by atoms with Crippen LogP contribution < -0.4 is 10.1 Å². The zero-order chi connectivity index (χ0) is 22.1. The highest BCUT2D eigenvalue weighted by molar-refractivity contribution is 5.93. The summed E-state index contributed by atoms with van der Waals surface area (Å²) in [5, 5.41) is 2.94. The van der Waals surface area contributed by atoms with E-state index in [0.717, 1.165) is 44.5 Å². The summed E-state index contributed by atoms with van der Waals surface area (Å²) in [4.78, 5) is 17.1. The molecule has 31 heavy (non-hydrogen) atoms. The van der Waals surface area contributed by atoms with Crippen molar-refractivity contribution in [1.29, 1.82) is 0 Å². The molecule has 0 aliphatic heterocycles. The Morgan fingerprint density at radius 2 is 1.61 bits per heavy atom. The summed E-state index contributed by atoms with van der Waals surface area (Å²) in [5.41, 5.74) is 8.49. The zero-order valence-corrected chi connectivity index (χ0v) is 18.5. The molecule has 0 spiro atoms. The molecule has 4 rings (SSSR count). The van der Waals surface area contributed by atoms with Gasteiger partial charge >= 0.3 is 0 Å². The summed E-state index contributed by atoms with van der Waals surface area (Å²) in [6, 6.07) is 15.8. The van der Waals surface area contributed by atoms with Crippen LogP contribution in [0.15, 0.2) is 52.9 Å². The van der Waals surface area contributed by atoms with Crippen LogP contribution in [0.1, 0.15) is 27.8 Å². The molecule has 0 atom stereocenters. The van der Waals surface area contributed by atoms with Gasteiger partial charge in [0.15, 0.2) is 12.2 Å². The molecule has 0 bridgehead atoms. The second-order valence-electron chi connectivity index (χ2n) is 8.14. The number of amides is 1. The Morgan fingerprint density at radius 3 is 2.35 bits per heavy atom. The first-order valence-corrected chi connectivity index (χ1v) is 10.3. The number of aromatic nitrogens is 1. The predicted molar refractivity (Wildman–Crippen MR) is 124 cm³/mol. The van der Waals surface area contributed by atoms with Gasteiger partial charge < -0.3 is 14.5 Å². The van der Waals surface area contributed by atoms with Gasteiger partial charge in [0.2, 0.25) is 5.89 Å². The maximum absolute atomic E-state index is 12.5. The maximum atomic E-state index is 12.5. The Morgan fingerprint density at radius 1 is 0.903 bits per heavy atom. The van der Waals surface area contributed by atoms with Crippen molar-refractivity contribution in [2.24, 2.45) is 0 Å². The van der Waals surface area contributed by atoms with Gasteiger partial charge in [0.05, 0.1) is 0 Å². The first-order valence-electron chi connectivity index (χ1n) is 10.3. The van der Waals surface area contributed by atoms with E-state index >= 15 is 0 Å². The number of benzene rings is 3. The van der Waals surface area contributed by atoms with Crippen molar-refractivity contribution in [1.82, 2.24) is 4.98 Å². The van der Waals surface area contributed by atoms with Crippen molar-refractivity contribution in [3.63, 3.8) is 0 Å². The fourth-order valence-electron chi connectivity index (χ4n) is 3.74. The maximum Gasteiger partial charge on any atom is 0.262 e. The van der Waals surface area contributed by atoms with E-state index < -0.39 is 0 Å². The van der Waals surface area contributed by atoms with Crippen LogP contribution in [0.25, 0.3) is 22.6 Å². The average molecular weight is 415 g/mol. The van der Waals surface area contributed by atoms with Gasteiger partial charge in [-0.3, -0.25) is 4.79 Å². The van der Waals surface area contributed by atoms with Gasteiger partial charge in [0.25, 0.3) is 5.91 Å². The molecule has 1 N–H and O–H groups in total. The van der Waals surface area contributed by atoms with Crippen LogP contribution in [0.3, 0.4) is 0 Å².